The molecule has 0 saturated heterocycles. The molecule has 0 bridgehead atoms. The monoisotopic (exact) mass is 238 g/mol. The molecule has 0 heterocycles. The fourth-order valence-electron chi connectivity index (χ4n) is 1.37. The van der Waals surface area contributed by atoms with Gasteiger partial charge in [0.2, 0.25) is 0 Å². The molecule has 1 rings (SSSR count). The summed E-state index contributed by atoms with van der Waals surface area (Å²) in [6.07, 6.45) is 0.549. The lowest BCUT2D eigenvalue weighted by Crippen LogP contribution is -2.30. The van der Waals surface area contributed by atoms with Crippen LogP contribution in [0.5, 0.6) is 0 Å². The van der Waals surface area contributed by atoms with Gasteiger partial charge in [0, 0.05) is 31.5 Å². The van der Waals surface area contributed by atoms with E-state index in [1.54, 1.807) is 7.11 Å². The maximum atomic E-state index is 11.5. The molecule has 0 aromatic heterocycles. The van der Waals surface area contributed by atoms with Gasteiger partial charge in [0.15, 0.2) is 0 Å². The van der Waals surface area contributed by atoms with Crippen LogP contribution in [-0.2, 0) is 11.3 Å². The second-order valence-corrected chi connectivity index (χ2v) is 3.55. The van der Waals surface area contributed by atoms with Crippen LogP contribution < -0.4 is 10.6 Å². The Morgan fingerprint density at radius 2 is 2.18 bits per heavy atom. The standard InChI is InChI=1S/C12H18N2O3/c1-17-9-10-5-2-3-6-11(10)14-12(16)13-7-4-8-15/h2-3,5-6,15H,4,7-9H2,1H3,(H2,13,14,16). The number of aliphatic hydroxyl groups excluding tert-OH is 1. The molecule has 0 aliphatic rings. The number of urea groups is 1. The highest BCUT2D eigenvalue weighted by molar-refractivity contribution is 5.90. The van der Waals surface area contributed by atoms with Crippen molar-refractivity contribution in [2.24, 2.45) is 0 Å². The fourth-order valence-corrected chi connectivity index (χ4v) is 1.37. The van der Waals surface area contributed by atoms with Gasteiger partial charge in [0.25, 0.3) is 0 Å². The van der Waals surface area contributed by atoms with Crippen LogP contribution in [-0.4, -0.2) is 31.4 Å². The number of hydrogen-bond donors (Lipinski definition) is 3. The molecule has 94 valence electrons. The Kier molecular flexibility index (Phi) is 6.06. The van der Waals surface area contributed by atoms with Crippen LogP contribution in [0.25, 0.3) is 0 Å². The Balaban J connectivity index is 2.52. The van der Waals surface area contributed by atoms with Crippen LogP contribution >= 0.6 is 0 Å². The molecule has 5 nitrogen and oxygen atoms in total. The highest BCUT2D eigenvalue weighted by Gasteiger charge is 2.05. The summed E-state index contributed by atoms with van der Waals surface area (Å²) in [7, 11) is 1.61. The first kappa shape index (κ1) is 13.5. The van der Waals surface area contributed by atoms with Gasteiger partial charge >= 0.3 is 6.03 Å². The predicted molar refractivity (Wildman–Crippen MR) is 65.9 cm³/mol. The third kappa shape index (κ3) is 4.84. The molecule has 0 aliphatic heterocycles. The van der Waals surface area contributed by atoms with E-state index >= 15 is 0 Å². The molecular weight excluding hydrogens is 220 g/mol. The zero-order chi connectivity index (χ0) is 12.5. The van der Waals surface area contributed by atoms with Crippen molar-refractivity contribution in [1.29, 1.82) is 0 Å². The van der Waals surface area contributed by atoms with Crippen LogP contribution in [0.4, 0.5) is 10.5 Å². The summed E-state index contributed by atoms with van der Waals surface area (Å²) >= 11 is 0. The lowest BCUT2D eigenvalue weighted by atomic mass is 10.2. The summed E-state index contributed by atoms with van der Waals surface area (Å²) in [5, 5.41) is 14.0. The second-order valence-electron chi connectivity index (χ2n) is 3.55. The molecular formula is C12H18N2O3. The number of anilines is 1. The topological polar surface area (TPSA) is 70.6 Å². The van der Waals surface area contributed by atoms with E-state index < -0.39 is 0 Å². The van der Waals surface area contributed by atoms with Gasteiger partial charge in [-0.2, -0.15) is 0 Å². The summed E-state index contributed by atoms with van der Waals surface area (Å²) < 4.78 is 5.04. The molecule has 1 aromatic carbocycles. The minimum atomic E-state index is -0.276. The summed E-state index contributed by atoms with van der Waals surface area (Å²) in [5.41, 5.74) is 1.66. The number of aliphatic hydroxyl groups is 1. The number of nitrogens with one attached hydrogen (secondary N) is 2. The normalized spacial score (nSPS) is 10.0. The third-order valence-electron chi connectivity index (χ3n) is 2.19. The maximum absolute atomic E-state index is 11.5. The number of benzene rings is 1. The molecule has 2 amide bonds. The molecule has 0 spiro atoms. The number of carbonyl (C=O) groups excluding carboxylic acids is 1. The van der Waals surface area contributed by atoms with Crippen molar-refractivity contribution < 1.29 is 14.6 Å². The van der Waals surface area contributed by atoms with E-state index in [-0.39, 0.29) is 12.6 Å². The van der Waals surface area contributed by atoms with Crippen LogP contribution in [0.2, 0.25) is 0 Å². The summed E-state index contributed by atoms with van der Waals surface area (Å²) in [6.45, 7) is 0.975. The summed E-state index contributed by atoms with van der Waals surface area (Å²) in [5.74, 6) is 0. The van der Waals surface area contributed by atoms with E-state index in [1.165, 1.54) is 0 Å². The molecule has 0 unspecified atom stereocenters. The molecule has 3 N–H and O–H groups in total. The molecule has 5 heteroatoms. The van der Waals surface area contributed by atoms with Gasteiger partial charge in [0.05, 0.1) is 6.61 Å². The Hall–Kier alpha value is -1.59. The van der Waals surface area contributed by atoms with Crippen LogP contribution in [0, 0.1) is 0 Å². The second kappa shape index (κ2) is 7.65. The van der Waals surface area contributed by atoms with E-state index in [0.29, 0.717) is 19.6 Å². The predicted octanol–water partition coefficient (Wildman–Crippen LogP) is 1.34. The van der Waals surface area contributed by atoms with E-state index in [9.17, 15) is 4.79 Å². The number of ether oxygens (including phenoxy) is 1. The van der Waals surface area contributed by atoms with Gasteiger partial charge in [-0.3, -0.25) is 0 Å². The van der Waals surface area contributed by atoms with Gasteiger partial charge < -0.3 is 20.5 Å². The van der Waals surface area contributed by atoms with Crippen molar-refractivity contribution >= 4 is 11.7 Å². The van der Waals surface area contributed by atoms with Crippen molar-refractivity contribution in [2.45, 2.75) is 13.0 Å². The summed E-state index contributed by atoms with van der Waals surface area (Å²) in [4.78, 5) is 11.5. The average molecular weight is 238 g/mol. The Labute approximate surface area is 101 Å². The average Bonchev–Trinajstić information content (AvgIpc) is 2.32. The molecule has 1 aromatic rings. The fraction of sp³-hybridized carbons (Fsp3) is 0.417. The zero-order valence-electron chi connectivity index (χ0n) is 9.90. The highest BCUT2D eigenvalue weighted by Crippen LogP contribution is 2.15. The number of rotatable bonds is 6. The maximum Gasteiger partial charge on any atom is 0.319 e. The number of para-hydroxylation sites is 1. The number of methoxy groups -OCH3 is 1. The molecule has 0 atom stereocenters. The Morgan fingerprint density at radius 1 is 1.41 bits per heavy atom. The summed E-state index contributed by atoms with van der Waals surface area (Å²) in [6, 6.07) is 7.18. The van der Waals surface area contributed by atoms with E-state index in [2.05, 4.69) is 10.6 Å². The Bertz CT molecular complexity index is 355. The molecule has 17 heavy (non-hydrogen) atoms. The first-order valence-electron chi connectivity index (χ1n) is 5.50. The Morgan fingerprint density at radius 3 is 2.88 bits per heavy atom. The van der Waals surface area contributed by atoms with Crippen molar-refractivity contribution in [3.05, 3.63) is 29.8 Å². The van der Waals surface area contributed by atoms with Crippen LogP contribution in [0.15, 0.2) is 24.3 Å². The van der Waals surface area contributed by atoms with Gasteiger partial charge in [-0.1, -0.05) is 18.2 Å². The number of hydrogen-bond acceptors (Lipinski definition) is 3. The highest BCUT2D eigenvalue weighted by atomic mass is 16.5. The third-order valence-corrected chi connectivity index (χ3v) is 2.19. The van der Waals surface area contributed by atoms with Crippen molar-refractivity contribution in [2.75, 3.05) is 25.6 Å². The van der Waals surface area contributed by atoms with Gasteiger partial charge in [-0.05, 0) is 12.5 Å². The molecule has 0 saturated carbocycles. The largest absolute Gasteiger partial charge is 0.396 e. The minimum absolute atomic E-state index is 0.0700. The minimum Gasteiger partial charge on any atom is -0.396 e. The number of carbonyl (C=O) groups is 1. The van der Waals surface area contributed by atoms with Crippen LogP contribution in [0.3, 0.4) is 0 Å². The van der Waals surface area contributed by atoms with Crippen LogP contribution in [0.1, 0.15) is 12.0 Å². The van der Waals surface area contributed by atoms with Gasteiger partial charge in [0.1, 0.15) is 0 Å². The zero-order valence-corrected chi connectivity index (χ0v) is 9.90. The van der Waals surface area contributed by atoms with Gasteiger partial charge in [-0.25, -0.2) is 4.79 Å². The number of amides is 2. The van der Waals surface area contributed by atoms with E-state index in [0.717, 1.165) is 11.3 Å². The van der Waals surface area contributed by atoms with Crippen molar-refractivity contribution in [1.82, 2.24) is 5.32 Å². The quantitative estimate of drug-likeness (QED) is 0.655. The van der Waals surface area contributed by atoms with E-state index in [4.69, 9.17) is 9.84 Å². The lowest BCUT2D eigenvalue weighted by Gasteiger charge is -2.11. The van der Waals surface area contributed by atoms with Crippen molar-refractivity contribution in [3.63, 3.8) is 0 Å². The van der Waals surface area contributed by atoms with Gasteiger partial charge in [-0.15, -0.1) is 0 Å². The molecule has 0 fully saturated rings. The lowest BCUT2D eigenvalue weighted by molar-refractivity contribution is 0.185. The smallest absolute Gasteiger partial charge is 0.319 e. The van der Waals surface area contributed by atoms with E-state index in [1.807, 2.05) is 24.3 Å². The first-order valence-corrected chi connectivity index (χ1v) is 5.50. The first-order chi connectivity index (χ1) is 8.27. The SMILES string of the molecule is COCc1ccccc1NC(=O)NCCCO. The van der Waals surface area contributed by atoms with Crippen molar-refractivity contribution in [3.8, 4) is 0 Å². The molecule has 0 aliphatic carbocycles. The molecule has 0 radical (unpaired) electrons.